The molecule has 0 aliphatic heterocycles. The van der Waals surface area contributed by atoms with Crippen molar-refractivity contribution in [2.24, 2.45) is 5.73 Å². The molecule has 0 aliphatic rings. The monoisotopic (exact) mass is 383 g/mol. The third-order valence-corrected chi connectivity index (χ3v) is 4.74. The summed E-state index contributed by atoms with van der Waals surface area (Å²) in [6, 6.07) is 0. The van der Waals surface area contributed by atoms with Crippen molar-refractivity contribution >= 4 is 7.82 Å². The standard InChI is InChI=1S/C17H38NO6P/c1-2-3-4-5-6-7-8-9-10-11-13-22-15-17(19)16-24-25(20,21)23-14-12-18/h17,19H,2-16,18H2,1H3,(H,20,21). The number of unbranched alkanes of at least 4 members (excludes halogenated alkanes) is 9. The van der Waals surface area contributed by atoms with Gasteiger partial charge in [-0.3, -0.25) is 9.05 Å². The third kappa shape index (κ3) is 18.6. The topological polar surface area (TPSA) is 111 Å². The molecular weight excluding hydrogens is 345 g/mol. The van der Waals surface area contributed by atoms with Gasteiger partial charge in [0.15, 0.2) is 0 Å². The van der Waals surface area contributed by atoms with Crippen LogP contribution in [0.15, 0.2) is 0 Å². The van der Waals surface area contributed by atoms with Gasteiger partial charge in [0, 0.05) is 13.2 Å². The van der Waals surface area contributed by atoms with Crippen LogP contribution in [-0.4, -0.2) is 49.1 Å². The van der Waals surface area contributed by atoms with Gasteiger partial charge >= 0.3 is 7.82 Å². The molecule has 0 aromatic rings. The predicted molar refractivity (Wildman–Crippen MR) is 99.5 cm³/mol. The average Bonchev–Trinajstić information content (AvgIpc) is 2.59. The van der Waals surface area contributed by atoms with Gasteiger partial charge in [-0.05, 0) is 6.42 Å². The normalized spacial score (nSPS) is 15.2. The molecule has 0 radical (unpaired) electrons. The highest BCUT2D eigenvalue weighted by Crippen LogP contribution is 2.42. The second-order valence-corrected chi connectivity index (χ2v) is 7.75. The summed E-state index contributed by atoms with van der Waals surface area (Å²) in [6.07, 6.45) is 11.6. The summed E-state index contributed by atoms with van der Waals surface area (Å²) in [5.41, 5.74) is 5.17. The van der Waals surface area contributed by atoms with Crippen molar-refractivity contribution in [2.75, 3.05) is 33.0 Å². The Morgan fingerprint density at radius 1 is 0.880 bits per heavy atom. The first-order valence-corrected chi connectivity index (χ1v) is 11.1. The van der Waals surface area contributed by atoms with Crippen LogP contribution in [0.3, 0.4) is 0 Å². The number of aliphatic hydroxyl groups excluding tert-OH is 1. The van der Waals surface area contributed by atoms with E-state index < -0.39 is 13.9 Å². The predicted octanol–water partition coefficient (Wildman–Crippen LogP) is 3.38. The number of aliphatic hydroxyl groups is 1. The van der Waals surface area contributed by atoms with E-state index in [4.69, 9.17) is 10.5 Å². The molecule has 0 aromatic heterocycles. The number of ether oxygens (including phenoxy) is 1. The lowest BCUT2D eigenvalue weighted by atomic mass is 10.1. The summed E-state index contributed by atoms with van der Waals surface area (Å²) in [5, 5.41) is 9.64. The maximum atomic E-state index is 11.4. The zero-order valence-corrected chi connectivity index (χ0v) is 16.6. The Labute approximate surface area is 152 Å². The highest BCUT2D eigenvalue weighted by atomic mass is 31.2. The molecule has 0 saturated carbocycles. The number of phosphoric ester groups is 1. The molecule has 0 fully saturated rings. The molecule has 0 bridgehead atoms. The first-order chi connectivity index (χ1) is 12.0. The Hall–Kier alpha value is -0.0100. The summed E-state index contributed by atoms with van der Waals surface area (Å²) in [7, 11) is -4.13. The van der Waals surface area contributed by atoms with Gasteiger partial charge in [0.1, 0.15) is 6.10 Å². The summed E-state index contributed by atoms with van der Waals surface area (Å²) >= 11 is 0. The van der Waals surface area contributed by atoms with Crippen molar-refractivity contribution in [3.05, 3.63) is 0 Å². The molecule has 0 aliphatic carbocycles. The van der Waals surface area contributed by atoms with Gasteiger partial charge in [-0.15, -0.1) is 0 Å². The van der Waals surface area contributed by atoms with Gasteiger partial charge in [-0.25, -0.2) is 4.57 Å². The first-order valence-electron chi connectivity index (χ1n) is 9.59. The maximum absolute atomic E-state index is 11.4. The minimum Gasteiger partial charge on any atom is -0.388 e. The molecule has 4 N–H and O–H groups in total. The third-order valence-electron chi connectivity index (χ3n) is 3.75. The number of phosphoric acid groups is 1. The summed E-state index contributed by atoms with van der Waals surface area (Å²) < 4.78 is 25.9. The van der Waals surface area contributed by atoms with Crippen LogP contribution >= 0.6 is 7.82 Å². The molecule has 0 rings (SSSR count). The number of nitrogens with two attached hydrogens (primary N) is 1. The van der Waals surface area contributed by atoms with Crippen LogP contribution in [0.2, 0.25) is 0 Å². The van der Waals surface area contributed by atoms with Gasteiger partial charge in [0.2, 0.25) is 0 Å². The van der Waals surface area contributed by atoms with Crippen molar-refractivity contribution < 1.29 is 28.3 Å². The molecule has 7 nitrogen and oxygen atoms in total. The quantitative estimate of drug-likeness (QED) is 0.232. The zero-order valence-electron chi connectivity index (χ0n) is 15.7. The largest absolute Gasteiger partial charge is 0.472 e. The van der Waals surface area contributed by atoms with Crippen LogP contribution in [0.25, 0.3) is 0 Å². The lowest BCUT2D eigenvalue weighted by Crippen LogP contribution is -2.22. The van der Waals surface area contributed by atoms with E-state index in [1.807, 2.05) is 0 Å². The Morgan fingerprint density at radius 3 is 2.00 bits per heavy atom. The van der Waals surface area contributed by atoms with E-state index in [9.17, 15) is 14.6 Å². The molecule has 25 heavy (non-hydrogen) atoms. The van der Waals surface area contributed by atoms with Crippen LogP contribution in [0.5, 0.6) is 0 Å². The highest BCUT2D eigenvalue weighted by molar-refractivity contribution is 7.47. The van der Waals surface area contributed by atoms with E-state index in [-0.39, 0.29) is 26.4 Å². The number of hydrogen-bond acceptors (Lipinski definition) is 6. The number of rotatable bonds is 19. The molecule has 0 aromatic carbocycles. The highest BCUT2D eigenvalue weighted by Gasteiger charge is 2.22. The summed E-state index contributed by atoms with van der Waals surface area (Å²) in [6.45, 7) is 2.63. The summed E-state index contributed by atoms with van der Waals surface area (Å²) in [4.78, 5) is 9.27. The second kappa shape index (κ2) is 17.4. The van der Waals surface area contributed by atoms with E-state index in [1.54, 1.807) is 0 Å². The van der Waals surface area contributed by atoms with Crippen LogP contribution in [0, 0.1) is 0 Å². The SMILES string of the molecule is CCCCCCCCCCCCOCC(O)COP(=O)(O)OCCN. The number of hydrogen-bond donors (Lipinski definition) is 3. The van der Waals surface area contributed by atoms with Crippen molar-refractivity contribution in [3.63, 3.8) is 0 Å². The van der Waals surface area contributed by atoms with Gasteiger partial charge in [-0.2, -0.15) is 0 Å². The molecule has 0 heterocycles. The Balaban J connectivity index is 3.35. The van der Waals surface area contributed by atoms with Crippen molar-refractivity contribution in [1.82, 2.24) is 0 Å². The Bertz CT molecular complexity index is 332. The fourth-order valence-electron chi connectivity index (χ4n) is 2.34. The van der Waals surface area contributed by atoms with Crippen molar-refractivity contribution in [2.45, 2.75) is 77.2 Å². The molecule has 8 heteroatoms. The first kappa shape index (κ1) is 25.0. The molecular formula is C17H38NO6P. The lowest BCUT2D eigenvalue weighted by molar-refractivity contribution is 0.00230. The molecule has 0 amide bonds. The molecule has 152 valence electrons. The average molecular weight is 383 g/mol. The Kier molecular flexibility index (Phi) is 17.4. The van der Waals surface area contributed by atoms with E-state index in [0.717, 1.165) is 12.8 Å². The fourth-order valence-corrected chi connectivity index (χ4v) is 3.12. The van der Waals surface area contributed by atoms with Gasteiger partial charge in [-0.1, -0.05) is 64.7 Å². The smallest absolute Gasteiger partial charge is 0.388 e. The van der Waals surface area contributed by atoms with Gasteiger partial charge in [0.25, 0.3) is 0 Å². The van der Waals surface area contributed by atoms with Crippen LogP contribution in [0.1, 0.15) is 71.1 Å². The van der Waals surface area contributed by atoms with Crippen molar-refractivity contribution in [3.8, 4) is 0 Å². The molecule has 2 atom stereocenters. The molecule has 0 spiro atoms. The van der Waals surface area contributed by atoms with Crippen LogP contribution in [-0.2, 0) is 18.3 Å². The van der Waals surface area contributed by atoms with Gasteiger partial charge in [0.05, 0.1) is 19.8 Å². The minimum atomic E-state index is -4.13. The zero-order chi connectivity index (χ0) is 18.8. The maximum Gasteiger partial charge on any atom is 0.472 e. The van der Waals surface area contributed by atoms with E-state index in [1.165, 1.54) is 51.4 Å². The van der Waals surface area contributed by atoms with E-state index in [2.05, 4.69) is 16.0 Å². The fraction of sp³-hybridized carbons (Fsp3) is 1.00. The van der Waals surface area contributed by atoms with Crippen molar-refractivity contribution in [1.29, 1.82) is 0 Å². The van der Waals surface area contributed by atoms with E-state index in [0.29, 0.717) is 6.61 Å². The molecule has 2 unspecified atom stereocenters. The van der Waals surface area contributed by atoms with Crippen LogP contribution in [0.4, 0.5) is 0 Å². The molecule has 0 saturated heterocycles. The van der Waals surface area contributed by atoms with Gasteiger partial charge < -0.3 is 20.5 Å². The summed E-state index contributed by atoms with van der Waals surface area (Å²) in [5.74, 6) is 0. The Morgan fingerprint density at radius 2 is 1.44 bits per heavy atom. The van der Waals surface area contributed by atoms with E-state index >= 15 is 0 Å². The minimum absolute atomic E-state index is 0.0703. The second-order valence-electron chi connectivity index (χ2n) is 6.30. The van der Waals surface area contributed by atoms with Crippen LogP contribution < -0.4 is 5.73 Å². The lowest BCUT2D eigenvalue weighted by Gasteiger charge is -2.15.